The fraction of sp³-hybridized carbons (Fsp3) is 0.286. The van der Waals surface area contributed by atoms with Crippen molar-refractivity contribution in [3.8, 4) is 34.3 Å². The van der Waals surface area contributed by atoms with Gasteiger partial charge < -0.3 is 19.3 Å². The molecule has 2 aliphatic rings. The molecule has 0 N–H and O–H groups in total. The van der Waals surface area contributed by atoms with E-state index >= 15 is 0 Å². The highest BCUT2D eigenvalue weighted by Crippen LogP contribution is 2.36. The molecule has 0 aliphatic carbocycles. The Bertz CT molecular complexity index is 1910. The van der Waals surface area contributed by atoms with Crippen LogP contribution in [0.3, 0.4) is 0 Å². The highest BCUT2D eigenvalue weighted by molar-refractivity contribution is 7.10. The van der Waals surface area contributed by atoms with Crippen LogP contribution in [0.1, 0.15) is 60.6 Å². The normalized spacial score (nSPS) is 16.9. The van der Waals surface area contributed by atoms with Gasteiger partial charge in [-0.2, -0.15) is 0 Å². The molecule has 2 aromatic carbocycles. The average molecular weight is 759 g/mol. The molecule has 2 saturated heterocycles. The van der Waals surface area contributed by atoms with E-state index in [1.165, 1.54) is 0 Å². The number of amides is 2. The smallest absolute Gasteiger partial charge is 0.261 e. The summed E-state index contributed by atoms with van der Waals surface area (Å²) in [6.45, 7) is 1.61. The molecule has 12 heteroatoms. The van der Waals surface area contributed by atoms with Crippen molar-refractivity contribution < 1.29 is 19.1 Å². The number of thiazole rings is 2. The van der Waals surface area contributed by atoms with Crippen molar-refractivity contribution in [2.75, 3.05) is 26.3 Å². The van der Waals surface area contributed by atoms with Crippen molar-refractivity contribution >= 4 is 34.5 Å². The van der Waals surface area contributed by atoms with E-state index in [0.29, 0.717) is 11.5 Å². The first-order valence-electron chi connectivity index (χ1n) is 18.3. The van der Waals surface area contributed by atoms with Crippen molar-refractivity contribution in [3.05, 3.63) is 130 Å². The second-order valence-electron chi connectivity index (χ2n) is 13.0. The lowest BCUT2D eigenvalue weighted by Gasteiger charge is -2.34. The standard InChI is InChI=1S/2C21H21N3O2S/c2*25-20(14-26-16-8-2-1-3-9-16)24-13-7-5-11-19(24)21-23-18(15-27-21)17-10-4-6-12-22-17/h2*1-4,6,8-10,12,15,19H,5,7,11,13-14H2/t2*19-/m11/s1. The van der Waals surface area contributed by atoms with Gasteiger partial charge in [0.2, 0.25) is 0 Å². The molecule has 276 valence electrons. The molecular weight excluding hydrogens is 717 g/mol. The van der Waals surface area contributed by atoms with Gasteiger partial charge in [0.25, 0.3) is 11.8 Å². The summed E-state index contributed by atoms with van der Waals surface area (Å²) < 4.78 is 11.3. The summed E-state index contributed by atoms with van der Waals surface area (Å²) >= 11 is 3.20. The van der Waals surface area contributed by atoms with Gasteiger partial charge in [-0.1, -0.05) is 48.5 Å². The molecule has 0 spiro atoms. The van der Waals surface area contributed by atoms with Crippen molar-refractivity contribution in [1.29, 1.82) is 0 Å². The number of carbonyl (C=O) groups excluding carboxylic acids is 2. The van der Waals surface area contributed by atoms with Crippen LogP contribution < -0.4 is 9.47 Å². The summed E-state index contributed by atoms with van der Waals surface area (Å²) in [5.74, 6) is 1.45. The van der Waals surface area contributed by atoms with E-state index in [1.807, 2.05) is 118 Å². The molecule has 0 saturated carbocycles. The van der Waals surface area contributed by atoms with E-state index in [2.05, 4.69) is 9.97 Å². The fourth-order valence-electron chi connectivity index (χ4n) is 6.61. The zero-order valence-electron chi connectivity index (χ0n) is 29.9. The third kappa shape index (κ3) is 9.55. The summed E-state index contributed by atoms with van der Waals surface area (Å²) in [7, 11) is 0. The van der Waals surface area contributed by atoms with Crippen LogP contribution in [0.25, 0.3) is 22.8 Å². The number of piperidine rings is 2. The van der Waals surface area contributed by atoms with Gasteiger partial charge in [0, 0.05) is 36.2 Å². The topological polar surface area (TPSA) is 111 Å². The number of rotatable bonds is 10. The number of benzene rings is 2. The number of pyridine rings is 2. The highest BCUT2D eigenvalue weighted by atomic mass is 32.1. The van der Waals surface area contributed by atoms with E-state index in [-0.39, 0.29) is 37.1 Å². The minimum atomic E-state index is 0.0122. The summed E-state index contributed by atoms with van der Waals surface area (Å²) in [4.78, 5) is 47.7. The van der Waals surface area contributed by atoms with Crippen molar-refractivity contribution in [1.82, 2.24) is 29.7 Å². The molecule has 0 unspecified atom stereocenters. The maximum Gasteiger partial charge on any atom is 0.261 e. The molecule has 2 fully saturated rings. The van der Waals surface area contributed by atoms with Gasteiger partial charge in [-0.05, 0) is 87.1 Å². The molecule has 4 aromatic heterocycles. The van der Waals surface area contributed by atoms with Gasteiger partial charge in [0.05, 0.1) is 34.9 Å². The summed E-state index contributed by atoms with van der Waals surface area (Å²) in [6.07, 6.45) is 9.66. The Morgan fingerprint density at radius 1 is 0.556 bits per heavy atom. The Hall–Kier alpha value is -5.46. The number of carbonyl (C=O) groups is 2. The Morgan fingerprint density at radius 2 is 0.981 bits per heavy atom. The number of likely N-dealkylation sites (tertiary alicyclic amines) is 2. The predicted molar refractivity (Wildman–Crippen MR) is 211 cm³/mol. The molecule has 2 amide bonds. The largest absolute Gasteiger partial charge is 0.484 e. The van der Waals surface area contributed by atoms with Crippen LogP contribution in [-0.4, -0.2) is 67.9 Å². The van der Waals surface area contributed by atoms with Crippen LogP contribution in [0.4, 0.5) is 0 Å². The van der Waals surface area contributed by atoms with Gasteiger partial charge in [-0.25, -0.2) is 9.97 Å². The number of ether oxygens (including phenoxy) is 2. The van der Waals surface area contributed by atoms with Crippen LogP contribution in [0.5, 0.6) is 11.5 Å². The van der Waals surface area contributed by atoms with E-state index < -0.39 is 0 Å². The average Bonchev–Trinajstić information content (AvgIpc) is 3.95. The van der Waals surface area contributed by atoms with Gasteiger partial charge in [-0.15, -0.1) is 22.7 Å². The molecule has 6 heterocycles. The number of hydrogen-bond acceptors (Lipinski definition) is 10. The van der Waals surface area contributed by atoms with E-state index in [1.54, 1.807) is 35.1 Å². The number of nitrogens with zero attached hydrogens (tertiary/aromatic N) is 6. The molecule has 2 atom stereocenters. The SMILES string of the molecule is O=C(COc1ccccc1)N1CCCC[C@@H]1c1nc(-c2ccccn2)cs1.O=C(COc1ccccc1)N1CCCC[C@@H]1c1nc(-c2ccccn2)cs1. The van der Waals surface area contributed by atoms with Crippen molar-refractivity contribution in [2.24, 2.45) is 0 Å². The minimum Gasteiger partial charge on any atom is -0.484 e. The zero-order valence-corrected chi connectivity index (χ0v) is 31.5. The van der Waals surface area contributed by atoms with Crippen LogP contribution in [0.2, 0.25) is 0 Å². The monoisotopic (exact) mass is 758 g/mol. The van der Waals surface area contributed by atoms with Gasteiger partial charge >= 0.3 is 0 Å². The first-order chi connectivity index (χ1) is 26.6. The Kier molecular flexibility index (Phi) is 12.7. The molecule has 8 rings (SSSR count). The fourth-order valence-corrected chi connectivity index (χ4v) is 8.53. The van der Waals surface area contributed by atoms with Crippen LogP contribution in [0, 0.1) is 0 Å². The minimum absolute atomic E-state index is 0.0122. The number of para-hydroxylation sites is 2. The maximum absolute atomic E-state index is 12.8. The zero-order chi connectivity index (χ0) is 37.0. The lowest BCUT2D eigenvalue weighted by molar-refractivity contribution is -0.138. The molecule has 10 nitrogen and oxygen atoms in total. The molecular formula is C42H42N6O4S2. The Morgan fingerprint density at radius 3 is 1.39 bits per heavy atom. The van der Waals surface area contributed by atoms with Crippen molar-refractivity contribution in [2.45, 2.75) is 50.6 Å². The second kappa shape index (κ2) is 18.5. The van der Waals surface area contributed by atoms with Gasteiger partial charge in [0.1, 0.15) is 21.5 Å². The second-order valence-corrected chi connectivity index (χ2v) is 14.8. The lowest BCUT2D eigenvalue weighted by Crippen LogP contribution is -2.41. The summed E-state index contributed by atoms with van der Waals surface area (Å²) in [5.41, 5.74) is 3.46. The number of hydrogen-bond donors (Lipinski definition) is 0. The quantitative estimate of drug-likeness (QED) is 0.137. The van der Waals surface area contributed by atoms with Crippen molar-refractivity contribution in [3.63, 3.8) is 0 Å². The molecule has 2 aliphatic heterocycles. The molecule has 0 bridgehead atoms. The summed E-state index contributed by atoms with van der Waals surface area (Å²) in [5, 5.41) is 6.00. The van der Waals surface area contributed by atoms with Crippen LogP contribution in [0.15, 0.2) is 120 Å². The third-order valence-corrected chi connectivity index (χ3v) is 11.2. The molecule has 6 aromatic rings. The molecule has 54 heavy (non-hydrogen) atoms. The van der Waals surface area contributed by atoms with E-state index in [9.17, 15) is 9.59 Å². The predicted octanol–water partition coefficient (Wildman–Crippen LogP) is 8.68. The van der Waals surface area contributed by atoms with Gasteiger partial charge in [-0.3, -0.25) is 19.6 Å². The number of aromatic nitrogens is 4. The Labute approximate surface area is 323 Å². The van der Waals surface area contributed by atoms with Gasteiger partial charge in [0.15, 0.2) is 13.2 Å². The Balaban J connectivity index is 0.000000167. The summed E-state index contributed by atoms with van der Waals surface area (Å²) in [6, 6.07) is 30.6. The van der Waals surface area contributed by atoms with Crippen LogP contribution in [-0.2, 0) is 9.59 Å². The first kappa shape index (κ1) is 36.9. The van der Waals surface area contributed by atoms with Crippen LogP contribution >= 0.6 is 22.7 Å². The van der Waals surface area contributed by atoms with E-state index in [0.717, 1.165) is 84.4 Å². The highest BCUT2D eigenvalue weighted by Gasteiger charge is 2.32. The maximum atomic E-state index is 12.8. The lowest BCUT2D eigenvalue weighted by atomic mass is 10.0. The molecule has 0 radical (unpaired) electrons. The van der Waals surface area contributed by atoms with E-state index in [4.69, 9.17) is 19.4 Å². The third-order valence-electron chi connectivity index (χ3n) is 9.33. The first-order valence-corrected chi connectivity index (χ1v) is 20.1.